The lowest BCUT2D eigenvalue weighted by Crippen LogP contribution is -2.22. The smallest absolute Gasteiger partial charge is 0.293 e. The second kappa shape index (κ2) is 4.82. The third-order valence-electron chi connectivity index (χ3n) is 2.54. The molecule has 0 aliphatic heterocycles. The van der Waals surface area contributed by atoms with E-state index < -0.39 is 0 Å². The fraction of sp³-hybridized carbons (Fsp3) is 0.231. The number of hydrogen-bond donors (Lipinski definition) is 1. The number of aryl methyl sites for hydroxylation is 2. The average molecular weight is 229 g/mol. The first kappa shape index (κ1) is 11.4. The lowest BCUT2D eigenvalue weighted by Gasteiger charge is -2.07. The molecule has 4 heteroatoms. The Kier molecular flexibility index (Phi) is 3.23. The Balaban J connectivity index is 2.34. The molecule has 0 aliphatic carbocycles. The molecule has 4 nitrogen and oxygen atoms in total. The topological polar surface area (TPSA) is 46.9 Å². The van der Waals surface area contributed by atoms with Crippen molar-refractivity contribution in [3.8, 4) is 0 Å². The second-order valence-corrected chi connectivity index (χ2v) is 3.86. The number of nitrogens with one attached hydrogen (secondary N) is 1. The van der Waals surface area contributed by atoms with Gasteiger partial charge in [0.2, 0.25) is 0 Å². The van der Waals surface area contributed by atoms with Gasteiger partial charge < -0.3 is 9.88 Å². The van der Waals surface area contributed by atoms with Gasteiger partial charge in [-0.05, 0) is 31.5 Å². The number of anilines is 2. The fourth-order valence-electron chi connectivity index (χ4n) is 1.64. The minimum Gasteiger partial charge on any atom is -0.336 e. The van der Waals surface area contributed by atoms with E-state index in [-0.39, 0.29) is 5.56 Å². The molecule has 2 aromatic rings. The van der Waals surface area contributed by atoms with Crippen LogP contribution in [-0.4, -0.2) is 9.55 Å². The highest BCUT2D eigenvalue weighted by Gasteiger charge is 2.03. The van der Waals surface area contributed by atoms with Gasteiger partial charge in [0.15, 0.2) is 5.82 Å². The first-order valence-corrected chi connectivity index (χ1v) is 5.60. The van der Waals surface area contributed by atoms with E-state index in [1.165, 1.54) is 0 Å². The predicted octanol–water partition coefficient (Wildman–Crippen LogP) is 2.32. The molecule has 0 saturated carbocycles. The Bertz CT molecular complexity index is 575. The van der Waals surface area contributed by atoms with Crippen LogP contribution in [-0.2, 0) is 6.54 Å². The second-order valence-electron chi connectivity index (χ2n) is 3.86. The van der Waals surface area contributed by atoms with Crippen LogP contribution in [0.4, 0.5) is 11.5 Å². The van der Waals surface area contributed by atoms with Crippen LogP contribution in [0.1, 0.15) is 12.5 Å². The van der Waals surface area contributed by atoms with Crippen molar-refractivity contribution in [1.29, 1.82) is 0 Å². The standard InChI is InChI=1S/C13H15N3O/c1-3-16-8-7-14-12(13(16)17)15-11-6-4-5-10(2)9-11/h4-9H,3H2,1-2H3,(H,14,15). The van der Waals surface area contributed by atoms with Gasteiger partial charge in [0.05, 0.1) is 0 Å². The molecule has 0 radical (unpaired) electrons. The van der Waals surface area contributed by atoms with Crippen LogP contribution in [0.25, 0.3) is 0 Å². The summed E-state index contributed by atoms with van der Waals surface area (Å²) in [6, 6.07) is 7.84. The fourth-order valence-corrected chi connectivity index (χ4v) is 1.64. The minimum atomic E-state index is -0.100. The normalized spacial score (nSPS) is 10.2. The van der Waals surface area contributed by atoms with Crippen molar-refractivity contribution < 1.29 is 0 Å². The molecule has 1 aromatic heterocycles. The lowest BCUT2D eigenvalue weighted by atomic mass is 10.2. The van der Waals surface area contributed by atoms with Crippen LogP contribution in [0.3, 0.4) is 0 Å². The first-order chi connectivity index (χ1) is 8.20. The van der Waals surface area contributed by atoms with Gasteiger partial charge in [-0.15, -0.1) is 0 Å². The zero-order valence-electron chi connectivity index (χ0n) is 9.97. The summed E-state index contributed by atoms with van der Waals surface area (Å²) in [5, 5.41) is 3.04. The van der Waals surface area contributed by atoms with Gasteiger partial charge in [-0.25, -0.2) is 4.98 Å². The third-order valence-corrected chi connectivity index (χ3v) is 2.54. The van der Waals surface area contributed by atoms with E-state index >= 15 is 0 Å². The molecule has 0 atom stereocenters. The highest BCUT2D eigenvalue weighted by Crippen LogP contribution is 2.12. The molecule has 0 bridgehead atoms. The average Bonchev–Trinajstić information content (AvgIpc) is 2.32. The van der Waals surface area contributed by atoms with Gasteiger partial charge in [0.1, 0.15) is 0 Å². The monoisotopic (exact) mass is 229 g/mol. The molecular formula is C13H15N3O. The summed E-state index contributed by atoms with van der Waals surface area (Å²) in [6.07, 6.45) is 3.31. The summed E-state index contributed by atoms with van der Waals surface area (Å²) in [5.41, 5.74) is 1.92. The predicted molar refractivity (Wildman–Crippen MR) is 68.6 cm³/mol. The largest absolute Gasteiger partial charge is 0.336 e. The Morgan fingerprint density at radius 1 is 1.41 bits per heavy atom. The Morgan fingerprint density at radius 2 is 2.24 bits per heavy atom. The quantitative estimate of drug-likeness (QED) is 0.878. The zero-order valence-corrected chi connectivity index (χ0v) is 9.97. The molecule has 88 valence electrons. The van der Waals surface area contributed by atoms with Crippen LogP contribution >= 0.6 is 0 Å². The number of nitrogens with zero attached hydrogens (tertiary/aromatic N) is 2. The van der Waals surface area contributed by atoms with E-state index in [2.05, 4.69) is 10.3 Å². The molecule has 0 amide bonds. The van der Waals surface area contributed by atoms with E-state index in [1.807, 2.05) is 38.1 Å². The van der Waals surface area contributed by atoms with Crippen LogP contribution in [0.2, 0.25) is 0 Å². The molecule has 1 aromatic carbocycles. The van der Waals surface area contributed by atoms with Crippen LogP contribution in [0.15, 0.2) is 41.5 Å². The summed E-state index contributed by atoms with van der Waals surface area (Å²) >= 11 is 0. The highest BCUT2D eigenvalue weighted by molar-refractivity contribution is 5.55. The van der Waals surface area contributed by atoms with Gasteiger partial charge in [-0.1, -0.05) is 12.1 Å². The number of hydrogen-bond acceptors (Lipinski definition) is 3. The molecule has 0 saturated heterocycles. The van der Waals surface area contributed by atoms with Crippen LogP contribution in [0, 0.1) is 6.92 Å². The molecule has 0 aliphatic rings. The van der Waals surface area contributed by atoms with E-state index in [0.717, 1.165) is 11.3 Å². The van der Waals surface area contributed by atoms with Crippen molar-refractivity contribution in [3.63, 3.8) is 0 Å². The number of aromatic nitrogens is 2. The van der Waals surface area contributed by atoms with E-state index in [9.17, 15) is 4.79 Å². The highest BCUT2D eigenvalue weighted by atomic mass is 16.1. The van der Waals surface area contributed by atoms with Gasteiger partial charge >= 0.3 is 0 Å². The van der Waals surface area contributed by atoms with Gasteiger partial charge in [-0.3, -0.25) is 4.79 Å². The van der Waals surface area contributed by atoms with Crippen molar-refractivity contribution in [2.45, 2.75) is 20.4 Å². The molecule has 17 heavy (non-hydrogen) atoms. The molecule has 0 spiro atoms. The van der Waals surface area contributed by atoms with Gasteiger partial charge in [0.25, 0.3) is 5.56 Å². The maximum Gasteiger partial charge on any atom is 0.293 e. The third kappa shape index (κ3) is 2.53. The number of benzene rings is 1. The lowest BCUT2D eigenvalue weighted by molar-refractivity contribution is 0.720. The summed E-state index contributed by atoms with van der Waals surface area (Å²) < 4.78 is 1.62. The molecular weight excluding hydrogens is 214 g/mol. The van der Waals surface area contributed by atoms with Crippen LogP contribution in [0.5, 0.6) is 0 Å². The van der Waals surface area contributed by atoms with Crippen molar-refractivity contribution in [1.82, 2.24) is 9.55 Å². The Labute approximate surface area is 99.9 Å². The molecule has 2 rings (SSSR count). The summed E-state index contributed by atoms with van der Waals surface area (Å²) in [5.74, 6) is 0.361. The Hall–Kier alpha value is -2.10. The van der Waals surface area contributed by atoms with Crippen molar-refractivity contribution in [2.24, 2.45) is 0 Å². The molecule has 1 heterocycles. The van der Waals surface area contributed by atoms with Crippen molar-refractivity contribution >= 4 is 11.5 Å². The van der Waals surface area contributed by atoms with Crippen molar-refractivity contribution in [3.05, 3.63) is 52.6 Å². The summed E-state index contributed by atoms with van der Waals surface area (Å²) in [7, 11) is 0. The van der Waals surface area contributed by atoms with E-state index in [1.54, 1.807) is 17.0 Å². The summed E-state index contributed by atoms with van der Waals surface area (Å²) in [4.78, 5) is 16.0. The summed E-state index contributed by atoms with van der Waals surface area (Å²) in [6.45, 7) is 4.58. The first-order valence-electron chi connectivity index (χ1n) is 5.60. The molecule has 1 N–H and O–H groups in total. The SMILES string of the molecule is CCn1ccnc(Nc2cccc(C)c2)c1=O. The maximum atomic E-state index is 11.9. The van der Waals surface area contributed by atoms with E-state index in [4.69, 9.17) is 0 Å². The van der Waals surface area contributed by atoms with Gasteiger partial charge in [-0.2, -0.15) is 0 Å². The van der Waals surface area contributed by atoms with Crippen LogP contribution < -0.4 is 10.9 Å². The molecule has 0 fully saturated rings. The zero-order chi connectivity index (χ0) is 12.3. The number of rotatable bonds is 3. The maximum absolute atomic E-state index is 11.9. The van der Waals surface area contributed by atoms with Crippen molar-refractivity contribution in [2.75, 3.05) is 5.32 Å². The minimum absolute atomic E-state index is 0.100. The Morgan fingerprint density at radius 3 is 2.94 bits per heavy atom. The van der Waals surface area contributed by atoms with Gasteiger partial charge in [0, 0.05) is 24.6 Å². The van der Waals surface area contributed by atoms with E-state index in [0.29, 0.717) is 12.4 Å². The molecule has 0 unspecified atom stereocenters.